The fourth-order valence-corrected chi connectivity index (χ4v) is 1.88. The van der Waals surface area contributed by atoms with E-state index in [2.05, 4.69) is 4.98 Å². The lowest BCUT2D eigenvalue weighted by molar-refractivity contribution is 0.111. The van der Waals surface area contributed by atoms with Gasteiger partial charge in [0.2, 0.25) is 0 Å². The standard InChI is InChI=1S/C13H9ClFNO2/c1-18-10-4-2-3-9(14)11(10)13-12(15)8(7-17)5-6-16-13/h2-7H,1H3. The normalized spacial score (nSPS) is 10.2. The zero-order valence-corrected chi connectivity index (χ0v) is 10.2. The molecule has 1 aromatic heterocycles. The van der Waals surface area contributed by atoms with Gasteiger partial charge in [-0.05, 0) is 18.2 Å². The fraction of sp³-hybridized carbons (Fsp3) is 0.0769. The Morgan fingerprint density at radius 3 is 2.83 bits per heavy atom. The van der Waals surface area contributed by atoms with Crippen molar-refractivity contribution in [2.24, 2.45) is 0 Å². The van der Waals surface area contributed by atoms with Crippen LogP contribution in [0.1, 0.15) is 10.4 Å². The molecular formula is C13H9ClFNO2. The largest absolute Gasteiger partial charge is 0.496 e. The third kappa shape index (κ3) is 2.07. The van der Waals surface area contributed by atoms with Crippen molar-refractivity contribution >= 4 is 17.9 Å². The van der Waals surface area contributed by atoms with E-state index in [1.54, 1.807) is 18.2 Å². The summed E-state index contributed by atoms with van der Waals surface area (Å²) in [7, 11) is 1.46. The number of nitrogens with zero attached hydrogens (tertiary/aromatic N) is 1. The third-order valence-electron chi connectivity index (χ3n) is 2.48. The number of hydrogen-bond acceptors (Lipinski definition) is 3. The van der Waals surface area contributed by atoms with Crippen molar-refractivity contribution in [3.05, 3.63) is 46.9 Å². The summed E-state index contributed by atoms with van der Waals surface area (Å²) >= 11 is 6.04. The Bertz CT molecular complexity index is 602. The van der Waals surface area contributed by atoms with Crippen LogP contribution in [0.25, 0.3) is 11.3 Å². The van der Waals surface area contributed by atoms with Gasteiger partial charge in [-0.15, -0.1) is 0 Å². The van der Waals surface area contributed by atoms with Crippen LogP contribution in [0.15, 0.2) is 30.5 Å². The first kappa shape index (κ1) is 12.5. The summed E-state index contributed by atoms with van der Waals surface area (Å²) in [5, 5.41) is 0.309. The lowest BCUT2D eigenvalue weighted by Gasteiger charge is -2.10. The van der Waals surface area contributed by atoms with Crippen molar-refractivity contribution < 1.29 is 13.9 Å². The van der Waals surface area contributed by atoms with E-state index in [0.717, 1.165) is 0 Å². The van der Waals surface area contributed by atoms with Gasteiger partial charge in [0.15, 0.2) is 12.1 Å². The number of halogens is 2. The smallest absolute Gasteiger partial charge is 0.160 e. The van der Waals surface area contributed by atoms with Crippen LogP contribution in [-0.2, 0) is 0 Å². The Morgan fingerprint density at radius 2 is 2.17 bits per heavy atom. The number of carbonyl (C=O) groups excluding carboxylic acids is 1. The average molecular weight is 266 g/mol. The molecule has 1 aromatic carbocycles. The molecule has 0 unspecified atom stereocenters. The van der Waals surface area contributed by atoms with Crippen molar-refractivity contribution in [2.45, 2.75) is 0 Å². The zero-order valence-electron chi connectivity index (χ0n) is 9.48. The molecule has 5 heteroatoms. The molecule has 0 aliphatic heterocycles. The maximum absolute atomic E-state index is 14.0. The van der Waals surface area contributed by atoms with E-state index in [4.69, 9.17) is 16.3 Å². The Morgan fingerprint density at radius 1 is 1.39 bits per heavy atom. The Balaban J connectivity index is 2.73. The first-order valence-electron chi connectivity index (χ1n) is 5.11. The molecule has 0 N–H and O–H groups in total. The third-order valence-corrected chi connectivity index (χ3v) is 2.79. The second-order valence-electron chi connectivity index (χ2n) is 3.50. The number of rotatable bonds is 3. The van der Waals surface area contributed by atoms with Crippen molar-refractivity contribution in [1.29, 1.82) is 0 Å². The fourth-order valence-electron chi connectivity index (χ4n) is 1.63. The summed E-state index contributed by atoms with van der Waals surface area (Å²) < 4.78 is 19.2. The number of carbonyl (C=O) groups is 1. The van der Waals surface area contributed by atoms with Gasteiger partial charge in [-0.25, -0.2) is 4.39 Å². The van der Waals surface area contributed by atoms with Gasteiger partial charge in [-0.3, -0.25) is 9.78 Å². The van der Waals surface area contributed by atoms with Crippen LogP contribution < -0.4 is 4.74 Å². The highest BCUT2D eigenvalue weighted by Gasteiger charge is 2.17. The number of pyridine rings is 1. The molecule has 2 rings (SSSR count). The summed E-state index contributed by atoms with van der Waals surface area (Å²) in [4.78, 5) is 14.6. The van der Waals surface area contributed by atoms with Crippen LogP contribution in [0, 0.1) is 5.82 Å². The van der Waals surface area contributed by atoms with Crippen molar-refractivity contribution in [2.75, 3.05) is 7.11 Å². The monoisotopic (exact) mass is 265 g/mol. The second kappa shape index (κ2) is 5.14. The minimum atomic E-state index is -0.709. The highest BCUT2D eigenvalue weighted by molar-refractivity contribution is 6.33. The van der Waals surface area contributed by atoms with Gasteiger partial charge in [0.05, 0.1) is 23.3 Å². The molecule has 0 aliphatic rings. The lowest BCUT2D eigenvalue weighted by Crippen LogP contribution is -1.97. The molecule has 3 nitrogen and oxygen atoms in total. The molecule has 0 saturated carbocycles. The predicted molar refractivity (Wildman–Crippen MR) is 66.6 cm³/mol. The Kier molecular flexibility index (Phi) is 3.58. The van der Waals surface area contributed by atoms with Crippen molar-refractivity contribution in [3.8, 4) is 17.0 Å². The number of methoxy groups -OCH3 is 1. The van der Waals surface area contributed by atoms with Gasteiger partial charge in [-0.2, -0.15) is 0 Å². The van der Waals surface area contributed by atoms with E-state index >= 15 is 0 Å². The first-order chi connectivity index (χ1) is 8.69. The molecule has 0 amide bonds. The van der Waals surface area contributed by atoms with Gasteiger partial charge in [0, 0.05) is 6.20 Å². The molecule has 18 heavy (non-hydrogen) atoms. The molecule has 2 aromatic rings. The number of hydrogen-bond donors (Lipinski definition) is 0. The topological polar surface area (TPSA) is 39.2 Å². The molecule has 1 heterocycles. The molecule has 0 radical (unpaired) electrons. The Hall–Kier alpha value is -1.94. The summed E-state index contributed by atoms with van der Waals surface area (Å²) in [5.74, 6) is -0.309. The maximum Gasteiger partial charge on any atom is 0.160 e. The van der Waals surface area contributed by atoms with Crippen molar-refractivity contribution in [1.82, 2.24) is 4.98 Å². The maximum atomic E-state index is 14.0. The Labute approximate surface area is 108 Å². The van der Waals surface area contributed by atoms with Crippen LogP contribution in [0.4, 0.5) is 4.39 Å². The molecule has 0 aliphatic carbocycles. The van der Waals surface area contributed by atoms with E-state index in [1.807, 2.05) is 0 Å². The number of benzene rings is 1. The van der Waals surface area contributed by atoms with Gasteiger partial charge < -0.3 is 4.74 Å². The summed E-state index contributed by atoms with van der Waals surface area (Å²) in [6, 6.07) is 6.24. The zero-order chi connectivity index (χ0) is 13.1. The van der Waals surface area contributed by atoms with E-state index in [9.17, 15) is 9.18 Å². The van der Waals surface area contributed by atoms with E-state index < -0.39 is 5.82 Å². The van der Waals surface area contributed by atoms with Gasteiger partial charge in [-0.1, -0.05) is 17.7 Å². The molecule has 92 valence electrons. The minimum Gasteiger partial charge on any atom is -0.496 e. The van der Waals surface area contributed by atoms with Gasteiger partial charge in [0.1, 0.15) is 11.4 Å². The summed E-state index contributed by atoms with van der Waals surface area (Å²) in [5.41, 5.74) is 0.270. The van der Waals surface area contributed by atoms with Gasteiger partial charge in [0.25, 0.3) is 0 Å². The van der Waals surface area contributed by atoms with E-state index in [0.29, 0.717) is 22.6 Å². The second-order valence-corrected chi connectivity index (χ2v) is 3.90. The van der Waals surface area contributed by atoms with Crippen LogP contribution in [0.3, 0.4) is 0 Å². The number of aldehydes is 1. The van der Waals surface area contributed by atoms with Crippen LogP contribution in [0.2, 0.25) is 5.02 Å². The molecular weight excluding hydrogens is 257 g/mol. The van der Waals surface area contributed by atoms with Crippen LogP contribution in [-0.4, -0.2) is 18.4 Å². The lowest BCUT2D eigenvalue weighted by atomic mass is 10.1. The number of aromatic nitrogens is 1. The summed E-state index contributed by atoms with van der Waals surface area (Å²) in [6.45, 7) is 0. The van der Waals surface area contributed by atoms with Crippen LogP contribution in [0.5, 0.6) is 5.75 Å². The summed E-state index contributed by atoms with van der Waals surface area (Å²) in [6.07, 6.45) is 1.79. The van der Waals surface area contributed by atoms with E-state index in [-0.39, 0.29) is 11.3 Å². The predicted octanol–water partition coefficient (Wildman–Crippen LogP) is 3.36. The first-order valence-corrected chi connectivity index (χ1v) is 5.49. The molecule has 0 spiro atoms. The highest BCUT2D eigenvalue weighted by Crippen LogP contribution is 2.36. The van der Waals surface area contributed by atoms with Gasteiger partial charge >= 0.3 is 0 Å². The minimum absolute atomic E-state index is 0.00190. The number of ether oxygens (including phenoxy) is 1. The molecule has 0 fully saturated rings. The molecule has 0 atom stereocenters. The highest BCUT2D eigenvalue weighted by atomic mass is 35.5. The molecule has 0 saturated heterocycles. The van der Waals surface area contributed by atoms with E-state index in [1.165, 1.54) is 19.4 Å². The van der Waals surface area contributed by atoms with Crippen LogP contribution >= 0.6 is 11.6 Å². The SMILES string of the molecule is COc1cccc(Cl)c1-c1nccc(C=O)c1F. The average Bonchev–Trinajstić information content (AvgIpc) is 2.39. The van der Waals surface area contributed by atoms with Crippen molar-refractivity contribution in [3.63, 3.8) is 0 Å². The quantitative estimate of drug-likeness (QED) is 0.799. The molecule has 0 bridgehead atoms.